The number of phenolic OH excluding ortho intramolecular Hbond substituents is 1. The molecule has 7 nitrogen and oxygen atoms in total. The maximum absolute atomic E-state index is 12.1. The normalized spacial score (nSPS) is 11.5. The van der Waals surface area contributed by atoms with E-state index in [9.17, 15) is 18.3 Å². The lowest BCUT2D eigenvalue weighted by molar-refractivity contribution is -0.140. The minimum Gasteiger partial charge on any atom is -0.507 e. The Balaban J connectivity index is 2.85. The number of aryl methyl sites for hydroxylation is 1. The number of esters is 1. The van der Waals surface area contributed by atoms with Gasteiger partial charge >= 0.3 is 16.2 Å². The highest BCUT2D eigenvalue weighted by Gasteiger charge is 2.20. The summed E-state index contributed by atoms with van der Waals surface area (Å²) in [4.78, 5) is 11.0. The van der Waals surface area contributed by atoms with Crippen LogP contribution in [0.3, 0.4) is 0 Å². The maximum Gasteiger partial charge on any atom is 0.306 e. The number of nitrogens with zero attached hydrogens (tertiary/aromatic N) is 1. The Kier molecular flexibility index (Phi) is 5.56. The number of hydrogen-bond donors (Lipinski definition) is 2. The molecule has 0 radical (unpaired) electrons. The van der Waals surface area contributed by atoms with E-state index < -0.39 is 16.2 Å². The van der Waals surface area contributed by atoms with Gasteiger partial charge in [-0.3, -0.25) is 9.52 Å². The van der Waals surface area contributed by atoms with E-state index in [1.54, 1.807) is 26.0 Å². The molecule has 1 rings (SSSR count). The number of benzene rings is 1. The number of phenols is 1. The molecule has 0 fully saturated rings. The molecular weight excluding hydrogens is 296 g/mol. The first-order valence-electron chi connectivity index (χ1n) is 6.29. The van der Waals surface area contributed by atoms with Crippen LogP contribution in [-0.2, 0) is 19.7 Å². The third-order valence-electron chi connectivity index (χ3n) is 3.14. The molecule has 118 valence electrons. The zero-order valence-electron chi connectivity index (χ0n) is 12.5. The van der Waals surface area contributed by atoms with Gasteiger partial charge in [-0.25, -0.2) is 0 Å². The van der Waals surface area contributed by atoms with Crippen LogP contribution >= 0.6 is 0 Å². The van der Waals surface area contributed by atoms with Crippen molar-refractivity contribution in [1.29, 1.82) is 0 Å². The Morgan fingerprint density at radius 2 is 2.00 bits per heavy atom. The standard InChI is InChI=1S/C13H20N2O5S/c1-9-5-6-11(10(2)13(9)17)14-21(18,19)15(3)8-7-12(16)20-4/h5-6,14,17H,7-8H2,1-4H3. The largest absolute Gasteiger partial charge is 0.507 e. The van der Waals surface area contributed by atoms with E-state index >= 15 is 0 Å². The number of hydrogen-bond acceptors (Lipinski definition) is 5. The van der Waals surface area contributed by atoms with Gasteiger partial charge in [0.2, 0.25) is 0 Å². The van der Waals surface area contributed by atoms with E-state index in [1.165, 1.54) is 14.2 Å². The smallest absolute Gasteiger partial charge is 0.306 e. The molecule has 1 aromatic carbocycles. The SMILES string of the molecule is COC(=O)CCN(C)S(=O)(=O)Nc1ccc(C)c(O)c1C. The van der Waals surface area contributed by atoms with E-state index in [4.69, 9.17) is 0 Å². The highest BCUT2D eigenvalue weighted by molar-refractivity contribution is 7.90. The lowest BCUT2D eigenvalue weighted by atomic mass is 10.1. The number of methoxy groups -OCH3 is 1. The van der Waals surface area contributed by atoms with Crippen LogP contribution in [0, 0.1) is 13.8 Å². The van der Waals surface area contributed by atoms with Crippen molar-refractivity contribution in [2.45, 2.75) is 20.3 Å². The van der Waals surface area contributed by atoms with Crippen molar-refractivity contribution in [3.63, 3.8) is 0 Å². The van der Waals surface area contributed by atoms with Gasteiger partial charge in [0, 0.05) is 19.2 Å². The fraction of sp³-hybridized carbons (Fsp3) is 0.462. The molecule has 0 amide bonds. The van der Waals surface area contributed by atoms with Gasteiger partial charge in [0.05, 0.1) is 19.2 Å². The number of rotatable bonds is 6. The molecule has 1 aromatic rings. The molecule has 8 heteroatoms. The van der Waals surface area contributed by atoms with Gasteiger partial charge in [0.25, 0.3) is 0 Å². The first-order chi connectivity index (χ1) is 9.69. The topological polar surface area (TPSA) is 95.9 Å². The number of carbonyl (C=O) groups excluding carboxylic acids is 1. The summed E-state index contributed by atoms with van der Waals surface area (Å²) < 4.78 is 32.1. The predicted molar refractivity (Wildman–Crippen MR) is 79.4 cm³/mol. The average Bonchev–Trinajstić information content (AvgIpc) is 2.44. The summed E-state index contributed by atoms with van der Waals surface area (Å²) in [5.74, 6) is -0.436. The first-order valence-corrected chi connectivity index (χ1v) is 7.73. The van der Waals surface area contributed by atoms with Crippen LogP contribution in [0.1, 0.15) is 17.5 Å². The van der Waals surface area contributed by atoms with Crippen molar-refractivity contribution >= 4 is 21.9 Å². The lowest BCUT2D eigenvalue weighted by Crippen LogP contribution is -2.34. The third-order valence-corrected chi connectivity index (χ3v) is 4.62. The van der Waals surface area contributed by atoms with Crippen molar-refractivity contribution in [2.75, 3.05) is 25.4 Å². The molecule has 0 aliphatic carbocycles. The zero-order chi connectivity index (χ0) is 16.2. The summed E-state index contributed by atoms with van der Waals surface area (Å²) in [5.41, 5.74) is 1.40. The Morgan fingerprint density at radius 1 is 1.38 bits per heavy atom. The van der Waals surface area contributed by atoms with Crippen LogP contribution in [0.5, 0.6) is 5.75 Å². The minimum atomic E-state index is -3.80. The summed E-state index contributed by atoms with van der Waals surface area (Å²) in [7, 11) is -1.21. The van der Waals surface area contributed by atoms with Crippen LogP contribution in [0.25, 0.3) is 0 Å². The number of anilines is 1. The molecule has 21 heavy (non-hydrogen) atoms. The third kappa shape index (κ3) is 4.33. The summed E-state index contributed by atoms with van der Waals surface area (Å²) in [6.45, 7) is 3.34. The highest BCUT2D eigenvalue weighted by Crippen LogP contribution is 2.28. The zero-order valence-corrected chi connectivity index (χ0v) is 13.3. The van der Waals surface area contributed by atoms with Gasteiger partial charge in [0.15, 0.2) is 0 Å². The number of carbonyl (C=O) groups is 1. The second kappa shape index (κ2) is 6.77. The molecule has 0 saturated carbocycles. The molecule has 2 N–H and O–H groups in total. The van der Waals surface area contributed by atoms with Crippen LogP contribution in [0.2, 0.25) is 0 Å². The number of aromatic hydroxyl groups is 1. The van der Waals surface area contributed by atoms with Gasteiger partial charge < -0.3 is 9.84 Å². The summed E-state index contributed by atoms with van der Waals surface area (Å²) in [5, 5.41) is 9.82. The summed E-state index contributed by atoms with van der Waals surface area (Å²) >= 11 is 0. The van der Waals surface area contributed by atoms with Crippen molar-refractivity contribution in [2.24, 2.45) is 0 Å². The first kappa shape index (κ1) is 17.3. The van der Waals surface area contributed by atoms with Gasteiger partial charge in [0.1, 0.15) is 5.75 Å². The fourth-order valence-electron chi connectivity index (χ4n) is 1.63. The fourth-order valence-corrected chi connectivity index (χ4v) is 2.62. The van der Waals surface area contributed by atoms with Crippen LogP contribution in [0.4, 0.5) is 5.69 Å². The molecule has 0 saturated heterocycles. The van der Waals surface area contributed by atoms with Crippen molar-refractivity contribution < 1.29 is 23.1 Å². The molecular formula is C13H20N2O5S. The molecule has 0 aromatic heterocycles. The van der Waals surface area contributed by atoms with Crippen LogP contribution in [-0.4, -0.2) is 44.5 Å². The van der Waals surface area contributed by atoms with Gasteiger partial charge in [-0.1, -0.05) is 6.07 Å². The molecule has 0 bridgehead atoms. The van der Waals surface area contributed by atoms with Crippen molar-refractivity contribution in [3.05, 3.63) is 23.3 Å². The van der Waals surface area contributed by atoms with E-state index in [0.717, 1.165) is 4.31 Å². The quantitative estimate of drug-likeness (QED) is 0.768. The van der Waals surface area contributed by atoms with E-state index in [0.29, 0.717) is 16.8 Å². The van der Waals surface area contributed by atoms with Crippen LogP contribution in [0.15, 0.2) is 12.1 Å². The highest BCUT2D eigenvalue weighted by atomic mass is 32.2. The van der Waals surface area contributed by atoms with Gasteiger partial charge in [-0.05, 0) is 25.5 Å². The number of nitrogens with one attached hydrogen (secondary N) is 1. The van der Waals surface area contributed by atoms with E-state index in [1.807, 2.05) is 0 Å². The predicted octanol–water partition coefficient (Wildman–Crippen LogP) is 1.16. The minimum absolute atomic E-state index is 0.00109. The van der Waals surface area contributed by atoms with Crippen molar-refractivity contribution in [1.82, 2.24) is 4.31 Å². The Morgan fingerprint density at radius 3 is 2.57 bits per heavy atom. The van der Waals surface area contributed by atoms with E-state index in [2.05, 4.69) is 9.46 Å². The summed E-state index contributed by atoms with van der Waals surface area (Å²) in [6.07, 6.45) is -0.0357. The molecule has 0 atom stereocenters. The summed E-state index contributed by atoms with van der Waals surface area (Å²) in [6, 6.07) is 3.20. The maximum atomic E-state index is 12.1. The second-order valence-corrected chi connectivity index (χ2v) is 6.44. The number of ether oxygens (including phenoxy) is 1. The monoisotopic (exact) mass is 316 g/mol. The molecule has 0 heterocycles. The Hall–Kier alpha value is -1.80. The second-order valence-electron chi connectivity index (χ2n) is 4.66. The van der Waals surface area contributed by atoms with Gasteiger partial charge in [-0.2, -0.15) is 12.7 Å². The van der Waals surface area contributed by atoms with Crippen molar-refractivity contribution in [3.8, 4) is 5.75 Å². The average molecular weight is 316 g/mol. The Bertz CT molecular complexity index is 628. The van der Waals surface area contributed by atoms with Gasteiger partial charge in [-0.15, -0.1) is 0 Å². The Labute approximate surface area is 124 Å². The molecule has 0 spiro atoms. The molecule has 0 unspecified atom stereocenters. The van der Waals surface area contributed by atoms with E-state index in [-0.39, 0.29) is 18.7 Å². The molecule has 0 aliphatic rings. The molecule has 0 aliphatic heterocycles. The lowest BCUT2D eigenvalue weighted by Gasteiger charge is -2.19. The van der Waals surface area contributed by atoms with Crippen LogP contribution < -0.4 is 4.72 Å².